The van der Waals surface area contributed by atoms with Gasteiger partial charge in [-0.25, -0.2) is 9.97 Å². The predicted molar refractivity (Wildman–Crippen MR) is 90.9 cm³/mol. The van der Waals surface area contributed by atoms with E-state index in [4.69, 9.17) is 0 Å². The van der Waals surface area contributed by atoms with Gasteiger partial charge < -0.3 is 0 Å². The molecule has 4 heterocycles. The molecule has 0 fully saturated rings. The smallest absolute Gasteiger partial charge is 0.219 e. The number of hydrogen-bond donors (Lipinski definition) is 2. The molecule has 0 aliphatic carbocycles. The monoisotopic (exact) mass is 354 g/mol. The molecule has 2 N–H and O–H groups in total. The van der Waals surface area contributed by atoms with Crippen LogP contribution in [0.25, 0.3) is 22.8 Å². The average molecular weight is 354 g/mol. The van der Waals surface area contributed by atoms with Crippen molar-refractivity contribution in [1.82, 2.24) is 40.3 Å². The lowest BCUT2D eigenvalue weighted by atomic mass is 10.3. The Balaban J connectivity index is 1.43. The van der Waals surface area contributed by atoms with Crippen molar-refractivity contribution in [2.75, 3.05) is 0 Å². The molecule has 0 saturated heterocycles. The molecule has 4 rings (SSSR count). The Morgan fingerprint density at radius 2 is 1.38 bits per heavy atom. The summed E-state index contributed by atoms with van der Waals surface area (Å²) in [6.45, 7) is 0. The van der Waals surface area contributed by atoms with Gasteiger partial charge in [0.05, 0.1) is 0 Å². The highest BCUT2D eigenvalue weighted by atomic mass is 33.1. The van der Waals surface area contributed by atoms with Crippen LogP contribution in [0.4, 0.5) is 0 Å². The number of H-pyrrole nitrogens is 2. The summed E-state index contributed by atoms with van der Waals surface area (Å²) in [5.74, 6) is 1.38. The minimum absolute atomic E-state index is 0.606. The summed E-state index contributed by atoms with van der Waals surface area (Å²) in [7, 11) is 2.77. The van der Waals surface area contributed by atoms with E-state index in [0.717, 1.165) is 11.1 Å². The van der Waals surface area contributed by atoms with Crippen molar-refractivity contribution in [3.05, 3.63) is 49.1 Å². The molecule has 0 radical (unpaired) electrons. The van der Waals surface area contributed by atoms with Crippen molar-refractivity contribution < 1.29 is 0 Å². The Kier molecular flexibility index (Phi) is 4.21. The van der Waals surface area contributed by atoms with Crippen LogP contribution in [-0.2, 0) is 0 Å². The Bertz CT molecular complexity index is 844. The summed E-state index contributed by atoms with van der Waals surface area (Å²) >= 11 is 0. The second kappa shape index (κ2) is 6.81. The van der Waals surface area contributed by atoms with Crippen LogP contribution in [0.15, 0.2) is 59.4 Å². The van der Waals surface area contributed by atoms with Gasteiger partial charge >= 0.3 is 0 Å². The van der Waals surface area contributed by atoms with Gasteiger partial charge in [-0.3, -0.25) is 20.2 Å². The lowest BCUT2D eigenvalue weighted by Gasteiger charge is -1.93. The molecule has 0 saturated carbocycles. The van der Waals surface area contributed by atoms with Crippen molar-refractivity contribution in [3.63, 3.8) is 0 Å². The first-order valence-electron chi connectivity index (χ1n) is 6.88. The molecular weight excluding hydrogens is 344 g/mol. The van der Waals surface area contributed by atoms with Crippen LogP contribution < -0.4 is 0 Å². The van der Waals surface area contributed by atoms with E-state index in [-0.39, 0.29) is 0 Å². The van der Waals surface area contributed by atoms with Crippen LogP contribution in [-0.4, -0.2) is 40.3 Å². The predicted octanol–water partition coefficient (Wildman–Crippen LogP) is 2.85. The summed E-state index contributed by atoms with van der Waals surface area (Å²) in [4.78, 5) is 16.9. The van der Waals surface area contributed by atoms with Crippen LogP contribution in [0.3, 0.4) is 0 Å². The van der Waals surface area contributed by atoms with Gasteiger partial charge in [-0.15, -0.1) is 10.2 Å². The molecule has 0 aliphatic rings. The molecule has 0 bridgehead atoms. The van der Waals surface area contributed by atoms with Gasteiger partial charge in [0, 0.05) is 35.9 Å². The first-order chi connectivity index (χ1) is 11.9. The fourth-order valence-electron chi connectivity index (χ4n) is 1.91. The molecule has 0 unspecified atom stereocenters. The largest absolute Gasteiger partial charge is 0.265 e. The number of nitrogens with one attached hydrogen (secondary N) is 2. The number of hydrogen-bond acceptors (Lipinski definition) is 8. The second-order valence-corrected chi connectivity index (χ2v) is 6.64. The van der Waals surface area contributed by atoms with E-state index in [1.54, 1.807) is 24.8 Å². The van der Waals surface area contributed by atoms with E-state index < -0.39 is 0 Å². The molecule has 8 nitrogen and oxygen atoms in total. The Hall–Kier alpha value is -2.72. The minimum atomic E-state index is 0.606. The van der Waals surface area contributed by atoms with Gasteiger partial charge in [0.15, 0.2) is 11.6 Å². The molecule has 0 amide bonds. The van der Waals surface area contributed by atoms with Gasteiger partial charge in [-0.05, 0) is 45.9 Å². The molecule has 0 atom stereocenters. The molecule has 4 aromatic rings. The maximum Gasteiger partial charge on any atom is 0.219 e. The Morgan fingerprint density at radius 3 is 2.00 bits per heavy atom. The molecule has 4 aromatic heterocycles. The van der Waals surface area contributed by atoms with Gasteiger partial charge in [0.25, 0.3) is 0 Å². The highest BCUT2D eigenvalue weighted by Gasteiger charge is 2.10. The maximum absolute atomic E-state index is 4.43. The minimum Gasteiger partial charge on any atom is -0.265 e. The van der Waals surface area contributed by atoms with E-state index in [1.807, 2.05) is 24.3 Å². The third-order valence-corrected chi connectivity index (χ3v) is 4.90. The highest BCUT2D eigenvalue weighted by Crippen LogP contribution is 2.34. The lowest BCUT2D eigenvalue weighted by Crippen LogP contribution is -1.81. The van der Waals surface area contributed by atoms with Gasteiger partial charge in [0.1, 0.15) is 0 Å². The molecular formula is C14H10N8S2. The third-order valence-electron chi connectivity index (χ3n) is 3.01. The topological polar surface area (TPSA) is 109 Å². The van der Waals surface area contributed by atoms with Gasteiger partial charge in [-0.1, -0.05) is 0 Å². The van der Waals surface area contributed by atoms with Crippen LogP contribution >= 0.6 is 21.6 Å². The van der Waals surface area contributed by atoms with E-state index in [0.29, 0.717) is 22.0 Å². The summed E-state index contributed by atoms with van der Waals surface area (Å²) in [6, 6.07) is 7.52. The van der Waals surface area contributed by atoms with E-state index in [1.165, 1.54) is 21.6 Å². The van der Waals surface area contributed by atoms with E-state index in [9.17, 15) is 0 Å². The quantitative estimate of drug-likeness (QED) is 0.527. The van der Waals surface area contributed by atoms with Crippen LogP contribution in [0.2, 0.25) is 0 Å². The lowest BCUT2D eigenvalue weighted by molar-refractivity contribution is 0.973. The fourth-order valence-corrected chi connectivity index (χ4v) is 3.38. The zero-order chi connectivity index (χ0) is 16.2. The third kappa shape index (κ3) is 3.29. The van der Waals surface area contributed by atoms with Crippen molar-refractivity contribution in [2.24, 2.45) is 0 Å². The highest BCUT2D eigenvalue weighted by molar-refractivity contribution is 8.76. The van der Waals surface area contributed by atoms with Crippen LogP contribution in [0, 0.1) is 0 Å². The Labute approximate surface area is 144 Å². The van der Waals surface area contributed by atoms with Gasteiger partial charge in [0.2, 0.25) is 10.3 Å². The van der Waals surface area contributed by atoms with Crippen molar-refractivity contribution in [2.45, 2.75) is 10.3 Å². The molecule has 10 heteroatoms. The SMILES string of the molecule is c1cncc(-c2nc(SSc3n[nH]c(-c4ccncc4)n3)n[nH]2)c1. The first kappa shape index (κ1) is 14.8. The fraction of sp³-hybridized carbons (Fsp3) is 0. The van der Waals surface area contributed by atoms with Crippen LogP contribution in [0.5, 0.6) is 0 Å². The molecule has 0 aliphatic heterocycles. The van der Waals surface area contributed by atoms with Crippen molar-refractivity contribution >= 4 is 21.6 Å². The summed E-state index contributed by atoms with van der Waals surface area (Å²) < 4.78 is 0. The molecule has 118 valence electrons. The summed E-state index contributed by atoms with van der Waals surface area (Å²) in [6.07, 6.45) is 6.88. The summed E-state index contributed by atoms with van der Waals surface area (Å²) in [5, 5.41) is 15.4. The maximum atomic E-state index is 4.43. The zero-order valence-corrected chi connectivity index (χ0v) is 13.8. The van der Waals surface area contributed by atoms with Gasteiger partial charge in [-0.2, -0.15) is 0 Å². The van der Waals surface area contributed by atoms with Crippen molar-refractivity contribution in [1.29, 1.82) is 0 Å². The molecule has 24 heavy (non-hydrogen) atoms. The number of nitrogens with zero attached hydrogens (tertiary/aromatic N) is 6. The number of aromatic nitrogens is 8. The second-order valence-electron chi connectivity index (χ2n) is 4.58. The van der Waals surface area contributed by atoms with Crippen molar-refractivity contribution in [3.8, 4) is 22.8 Å². The normalized spacial score (nSPS) is 10.8. The van der Waals surface area contributed by atoms with E-state index in [2.05, 4.69) is 40.3 Å². The number of rotatable bonds is 5. The van der Waals surface area contributed by atoms with Crippen LogP contribution in [0.1, 0.15) is 0 Å². The Morgan fingerprint density at radius 1 is 0.708 bits per heavy atom. The standard InChI is InChI=1S/C14H10N8S2/c1-2-10(8-16-5-1)12-18-14(22-20-12)24-23-13-17-11(19-21-13)9-3-6-15-7-4-9/h1-8H,(H,17,19,21)(H,18,20,22). The number of pyridine rings is 2. The molecule has 0 aromatic carbocycles. The first-order valence-corrected chi connectivity index (χ1v) is 9.03. The number of aromatic amines is 2. The summed E-state index contributed by atoms with van der Waals surface area (Å²) in [5.41, 5.74) is 1.82. The zero-order valence-electron chi connectivity index (χ0n) is 12.1. The van der Waals surface area contributed by atoms with E-state index >= 15 is 0 Å². The average Bonchev–Trinajstić information content (AvgIpc) is 3.31. The molecule has 0 spiro atoms.